The van der Waals surface area contributed by atoms with E-state index in [1.54, 1.807) is 19.4 Å². The van der Waals surface area contributed by atoms with Crippen molar-refractivity contribution in [2.75, 3.05) is 7.11 Å². The second kappa shape index (κ2) is 7.88. The molecule has 2 aromatic carbocycles. The molecule has 26 heavy (non-hydrogen) atoms. The highest BCUT2D eigenvalue weighted by Gasteiger charge is 2.32. The number of alkyl halides is 3. The molecule has 1 N–H and O–H groups in total. The lowest BCUT2D eigenvalue weighted by atomic mass is 10.1. The van der Waals surface area contributed by atoms with Gasteiger partial charge in [-0.1, -0.05) is 18.2 Å². The van der Waals surface area contributed by atoms with Gasteiger partial charge in [0.2, 0.25) is 0 Å². The van der Waals surface area contributed by atoms with Crippen LogP contribution in [0.5, 0.6) is 5.75 Å². The summed E-state index contributed by atoms with van der Waals surface area (Å²) in [5.41, 5.74) is 0.648. The maximum Gasteiger partial charge on any atom is 0.416 e. The van der Waals surface area contributed by atoms with Crippen LogP contribution in [0, 0.1) is 0 Å². The zero-order valence-corrected chi connectivity index (χ0v) is 14.8. The molecule has 0 aliphatic heterocycles. The Morgan fingerprint density at radius 1 is 1.04 bits per heavy atom. The summed E-state index contributed by atoms with van der Waals surface area (Å²) >= 11 is 1.51. The van der Waals surface area contributed by atoms with Crippen molar-refractivity contribution in [2.45, 2.75) is 19.3 Å². The third-order valence-corrected chi connectivity index (χ3v) is 4.89. The third kappa shape index (κ3) is 4.42. The lowest BCUT2D eigenvalue weighted by molar-refractivity contribution is -0.138. The second-order valence-corrected chi connectivity index (χ2v) is 6.72. The van der Waals surface area contributed by atoms with Crippen molar-refractivity contribution < 1.29 is 17.9 Å². The van der Waals surface area contributed by atoms with Gasteiger partial charge in [0.05, 0.1) is 17.6 Å². The Morgan fingerprint density at radius 3 is 2.46 bits per heavy atom. The van der Waals surface area contributed by atoms with E-state index in [1.807, 2.05) is 24.3 Å². The minimum Gasteiger partial charge on any atom is -0.497 e. The van der Waals surface area contributed by atoms with E-state index >= 15 is 0 Å². The van der Waals surface area contributed by atoms with Gasteiger partial charge in [-0.3, -0.25) is 0 Å². The van der Waals surface area contributed by atoms with E-state index in [-0.39, 0.29) is 12.1 Å². The van der Waals surface area contributed by atoms with Crippen LogP contribution in [-0.4, -0.2) is 12.1 Å². The first-order valence-electron chi connectivity index (χ1n) is 7.92. The molecule has 0 aliphatic rings. The molecular formula is C19H17F3N2OS. The number of rotatable bonds is 6. The number of hydrogen-bond acceptors (Lipinski definition) is 4. The topological polar surface area (TPSA) is 34.1 Å². The fourth-order valence-electron chi connectivity index (χ4n) is 2.54. The molecular weight excluding hydrogens is 361 g/mol. The summed E-state index contributed by atoms with van der Waals surface area (Å²) in [6.45, 7) is 0.542. The number of halogens is 3. The number of ether oxygens (including phenoxy) is 1. The van der Waals surface area contributed by atoms with E-state index in [9.17, 15) is 13.2 Å². The first-order valence-corrected chi connectivity index (χ1v) is 8.74. The molecule has 0 unspecified atom stereocenters. The second-order valence-electron chi connectivity index (χ2n) is 5.61. The van der Waals surface area contributed by atoms with Gasteiger partial charge in [-0.15, -0.1) is 11.3 Å². The van der Waals surface area contributed by atoms with Crippen molar-refractivity contribution in [3.05, 3.63) is 70.9 Å². The van der Waals surface area contributed by atoms with Crippen molar-refractivity contribution in [3.8, 4) is 16.2 Å². The highest BCUT2D eigenvalue weighted by atomic mass is 32.1. The smallest absolute Gasteiger partial charge is 0.416 e. The van der Waals surface area contributed by atoms with E-state index in [1.165, 1.54) is 23.5 Å². The molecule has 0 amide bonds. The summed E-state index contributed by atoms with van der Waals surface area (Å²) < 4.78 is 44.1. The van der Waals surface area contributed by atoms with Crippen LogP contribution in [-0.2, 0) is 19.3 Å². The maximum absolute atomic E-state index is 13.0. The van der Waals surface area contributed by atoms with Crippen molar-refractivity contribution in [1.82, 2.24) is 10.3 Å². The van der Waals surface area contributed by atoms with Gasteiger partial charge in [0.15, 0.2) is 0 Å². The summed E-state index contributed by atoms with van der Waals surface area (Å²) in [5, 5.41) is 3.86. The quantitative estimate of drug-likeness (QED) is 0.646. The zero-order valence-electron chi connectivity index (χ0n) is 14.0. The van der Waals surface area contributed by atoms with Crippen LogP contribution in [0.3, 0.4) is 0 Å². The Morgan fingerprint density at radius 2 is 1.77 bits per heavy atom. The SMILES string of the molecule is COc1ccc(-c2cnc(CNCc3ccccc3C(F)(F)F)s2)cc1. The first kappa shape index (κ1) is 18.4. The van der Waals surface area contributed by atoms with Crippen LogP contribution < -0.4 is 10.1 Å². The van der Waals surface area contributed by atoms with Gasteiger partial charge in [-0.2, -0.15) is 13.2 Å². The largest absolute Gasteiger partial charge is 0.497 e. The molecule has 0 atom stereocenters. The molecule has 3 nitrogen and oxygen atoms in total. The normalized spacial score (nSPS) is 11.5. The van der Waals surface area contributed by atoms with E-state index < -0.39 is 11.7 Å². The molecule has 0 spiro atoms. The maximum atomic E-state index is 13.0. The summed E-state index contributed by atoms with van der Waals surface area (Å²) in [4.78, 5) is 5.34. The van der Waals surface area contributed by atoms with Crippen LogP contribution in [0.2, 0.25) is 0 Å². The zero-order chi connectivity index (χ0) is 18.6. The molecule has 0 saturated heterocycles. The Bertz CT molecular complexity index is 860. The number of aromatic nitrogens is 1. The average molecular weight is 378 g/mol. The summed E-state index contributed by atoms with van der Waals surface area (Å²) in [6.07, 6.45) is -2.58. The number of nitrogens with zero attached hydrogens (tertiary/aromatic N) is 1. The highest BCUT2D eigenvalue weighted by Crippen LogP contribution is 2.32. The molecule has 3 rings (SSSR count). The summed E-state index contributed by atoms with van der Waals surface area (Å²) in [5.74, 6) is 0.781. The Labute approximate surface area is 153 Å². The highest BCUT2D eigenvalue weighted by molar-refractivity contribution is 7.15. The Hall–Kier alpha value is -2.38. The minimum absolute atomic E-state index is 0.132. The number of methoxy groups -OCH3 is 1. The van der Waals surface area contributed by atoms with Crippen molar-refractivity contribution in [1.29, 1.82) is 0 Å². The molecule has 3 aromatic rings. The van der Waals surface area contributed by atoms with Crippen LogP contribution in [0.4, 0.5) is 13.2 Å². The standard InChI is InChI=1S/C19H17F3N2OS/c1-25-15-8-6-13(7-9-15)17-11-24-18(26-17)12-23-10-14-4-2-3-5-16(14)19(20,21)22/h2-9,11,23H,10,12H2,1H3. The van der Waals surface area contributed by atoms with Gasteiger partial charge < -0.3 is 10.1 Å². The molecule has 0 saturated carbocycles. The Balaban J connectivity index is 1.62. The predicted molar refractivity (Wildman–Crippen MR) is 96.1 cm³/mol. The molecule has 1 heterocycles. The van der Waals surface area contributed by atoms with Gasteiger partial charge >= 0.3 is 6.18 Å². The van der Waals surface area contributed by atoms with Gasteiger partial charge in [0.1, 0.15) is 10.8 Å². The average Bonchev–Trinajstić information content (AvgIpc) is 3.10. The van der Waals surface area contributed by atoms with Crippen LogP contribution >= 0.6 is 11.3 Å². The molecule has 0 aliphatic carbocycles. The molecule has 136 valence electrons. The third-order valence-electron chi connectivity index (χ3n) is 3.84. The first-order chi connectivity index (χ1) is 12.5. The summed E-state index contributed by atoms with van der Waals surface area (Å²) in [7, 11) is 1.61. The van der Waals surface area contributed by atoms with Crippen LogP contribution in [0.25, 0.3) is 10.4 Å². The lowest BCUT2D eigenvalue weighted by Crippen LogP contribution is -2.17. The van der Waals surface area contributed by atoms with E-state index in [0.717, 1.165) is 27.3 Å². The van der Waals surface area contributed by atoms with Crippen LogP contribution in [0.1, 0.15) is 16.1 Å². The van der Waals surface area contributed by atoms with Crippen molar-refractivity contribution >= 4 is 11.3 Å². The van der Waals surface area contributed by atoms with Gasteiger partial charge in [-0.05, 0) is 41.5 Å². The molecule has 7 heteroatoms. The number of benzene rings is 2. The van der Waals surface area contributed by atoms with E-state index in [0.29, 0.717) is 6.54 Å². The number of nitrogens with one attached hydrogen (secondary N) is 1. The fourth-order valence-corrected chi connectivity index (χ4v) is 3.43. The minimum atomic E-state index is -4.35. The van der Waals surface area contributed by atoms with Crippen molar-refractivity contribution in [2.24, 2.45) is 0 Å². The Kier molecular flexibility index (Phi) is 5.58. The molecule has 0 fully saturated rings. The molecule has 0 radical (unpaired) electrons. The number of thiazole rings is 1. The van der Waals surface area contributed by atoms with Crippen molar-refractivity contribution in [3.63, 3.8) is 0 Å². The monoisotopic (exact) mass is 378 g/mol. The van der Waals surface area contributed by atoms with E-state index in [2.05, 4.69) is 10.3 Å². The van der Waals surface area contributed by atoms with E-state index in [4.69, 9.17) is 4.74 Å². The summed E-state index contributed by atoms with van der Waals surface area (Å²) in [6, 6.07) is 13.2. The fraction of sp³-hybridized carbons (Fsp3) is 0.211. The van der Waals surface area contributed by atoms with Gasteiger partial charge in [0, 0.05) is 19.3 Å². The molecule has 0 bridgehead atoms. The number of hydrogen-bond donors (Lipinski definition) is 1. The van der Waals surface area contributed by atoms with Gasteiger partial charge in [0.25, 0.3) is 0 Å². The molecule has 1 aromatic heterocycles. The predicted octanol–water partition coefficient (Wildman–Crippen LogP) is 5.13. The van der Waals surface area contributed by atoms with Gasteiger partial charge in [-0.25, -0.2) is 4.98 Å². The lowest BCUT2D eigenvalue weighted by Gasteiger charge is -2.12. The van der Waals surface area contributed by atoms with Crippen LogP contribution in [0.15, 0.2) is 54.7 Å².